The van der Waals surface area contributed by atoms with E-state index in [0.717, 1.165) is 17.4 Å². The fraction of sp³-hybridized carbons (Fsp3) is 0.438. The molecule has 1 aromatic carbocycles. The molecule has 0 aliphatic heterocycles. The first-order chi connectivity index (χ1) is 11.0. The molecule has 7 heteroatoms. The van der Waals surface area contributed by atoms with Gasteiger partial charge in [-0.3, -0.25) is 4.79 Å². The second-order valence-electron chi connectivity index (χ2n) is 5.35. The van der Waals surface area contributed by atoms with Crippen molar-refractivity contribution in [2.45, 2.75) is 0 Å². The molecule has 126 valence electrons. The van der Waals surface area contributed by atoms with Crippen LogP contribution >= 0.6 is 0 Å². The maximum Gasteiger partial charge on any atom is 0.267 e. The van der Waals surface area contributed by atoms with Crippen LogP contribution in [0.5, 0.6) is 17.2 Å². The van der Waals surface area contributed by atoms with Crippen LogP contribution in [0.1, 0.15) is 10.5 Å². The number of amides is 1. The quantitative estimate of drug-likeness (QED) is 0.808. The van der Waals surface area contributed by atoms with Crippen LogP contribution in [0.2, 0.25) is 0 Å². The topological polar surface area (TPSA) is 75.8 Å². The van der Waals surface area contributed by atoms with E-state index in [1.807, 2.05) is 19.0 Å². The number of carbonyl (C=O) groups excluding carboxylic acids is 1. The number of likely N-dealkylation sites (N-methyl/N-ethyl adjacent to an activating group) is 1. The van der Waals surface area contributed by atoms with Crippen LogP contribution in [0.4, 0.5) is 0 Å². The summed E-state index contributed by atoms with van der Waals surface area (Å²) in [6.45, 7) is 1.35. The van der Waals surface area contributed by atoms with Crippen LogP contribution in [0.15, 0.2) is 12.1 Å². The number of rotatable bonds is 7. The van der Waals surface area contributed by atoms with E-state index in [9.17, 15) is 4.79 Å². The van der Waals surface area contributed by atoms with Crippen LogP contribution in [-0.4, -0.2) is 64.3 Å². The lowest BCUT2D eigenvalue weighted by atomic mass is 10.2. The van der Waals surface area contributed by atoms with Gasteiger partial charge in [-0.05, 0) is 20.2 Å². The van der Waals surface area contributed by atoms with Crippen LogP contribution < -0.4 is 19.5 Å². The molecule has 0 saturated carbocycles. The number of hydrogen-bond donors (Lipinski definition) is 2. The van der Waals surface area contributed by atoms with Gasteiger partial charge in [0.15, 0.2) is 11.5 Å². The van der Waals surface area contributed by atoms with Gasteiger partial charge in [0, 0.05) is 24.5 Å². The predicted octanol–water partition coefficient (Wildman–Crippen LogP) is 1.49. The predicted molar refractivity (Wildman–Crippen MR) is 88.8 cm³/mol. The summed E-state index contributed by atoms with van der Waals surface area (Å²) in [6.07, 6.45) is 0. The number of nitrogens with one attached hydrogen (secondary N) is 2. The van der Waals surface area contributed by atoms with Crippen molar-refractivity contribution in [3.8, 4) is 17.2 Å². The first-order valence-electron chi connectivity index (χ1n) is 7.26. The molecule has 1 aromatic heterocycles. The number of benzene rings is 1. The molecule has 7 nitrogen and oxygen atoms in total. The number of aromatic nitrogens is 1. The molecule has 1 amide bonds. The maximum absolute atomic E-state index is 12.2. The highest BCUT2D eigenvalue weighted by molar-refractivity contribution is 6.01. The third-order valence-corrected chi connectivity index (χ3v) is 3.52. The summed E-state index contributed by atoms with van der Waals surface area (Å²) < 4.78 is 16.1. The fourth-order valence-corrected chi connectivity index (χ4v) is 2.36. The normalized spacial score (nSPS) is 10.9. The number of aromatic amines is 1. The summed E-state index contributed by atoms with van der Waals surface area (Å²) in [5.74, 6) is 1.41. The van der Waals surface area contributed by atoms with Crippen molar-refractivity contribution >= 4 is 16.8 Å². The van der Waals surface area contributed by atoms with Crippen molar-refractivity contribution in [2.75, 3.05) is 48.5 Å². The highest BCUT2D eigenvalue weighted by atomic mass is 16.5. The van der Waals surface area contributed by atoms with Crippen molar-refractivity contribution in [1.29, 1.82) is 0 Å². The molecule has 0 saturated heterocycles. The largest absolute Gasteiger partial charge is 0.493 e. The van der Waals surface area contributed by atoms with Gasteiger partial charge in [0.2, 0.25) is 5.75 Å². The van der Waals surface area contributed by atoms with Gasteiger partial charge in [-0.1, -0.05) is 0 Å². The van der Waals surface area contributed by atoms with Crippen molar-refractivity contribution in [1.82, 2.24) is 15.2 Å². The van der Waals surface area contributed by atoms with Gasteiger partial charge in [0.05, 0.1) is 26.8 Å². The van der Waals surface area contributed by atoms with Crippen molar-refractivity contribution in [3.63, 3.8) is 0 Å². The monoisotopic (exact) mass is 321 g/mol. The lowest BCUT2D eigenvalue weighted by molar-refractivity contribution is 0.0947. The molecule has 2 N–H and O–H groups in total. The molecule has 0 aliphatic carbocycles. The number of ether oxygens (including phenoxy) is 3. The average Bonchev–Trinajstić information content (AvgIpc) is 2.95. The van der Waals surface area contributed by atoms with Crippen LogP contribution in [0.3, 0.4) is 0 Å². The summed E-state index contributed by atoms with van der Waals surface area (Å²) in [5.41, 5.74) is 1.21. The number of fused-ring (bicyclic) bond motifs is 1. The summed E-state index contributed by atoms with van der Waals surface area (Å²) in [7, 11) is 8.58. The van der Waals surface area contributed by atoms with Crippen molar-refractivity contribution in [3.05, 3.63) is 17.8 Å². The Bertz CT molecular complexity index is 694. The molecule has 0 unspecified atom stereocenters. The molecule has 0 fully saturated rings. The molecule has 0 radical (unpaired) electrons. The minimum atomic E-state index is -0.164. The van der Waals surface area contributed by atoms with E-state index < -0.39 is 0 Å². The molecule has 2 aromatic rings. The van der Waals surface area contributed by atoms with Crippen molar-refractivity contribution < 1.29 is 19.0 Å². The molecule has 2 rings (SSSR count). The number of carbonyl (C=O) groups is 1. The minimum absolute atomic E-state index is 0.164. The lowest BCUT2D eigenvalue weighted by Gasteiger charge is -2.12. The average molecular weight is 321 g/mol. The van der Waals surface area contributed by atoms with E-state index in [2.05, 4.69) is 10.3 Å². The third kappa shape index (κ3) is 3.50. The summed E-state index contributed by atoms with van der Waals surface area (Å²) in [4.78, 5) is 17.3. The number of methoxy groups -OCH3 is 3. The van der Waals surface area contributed by atoms with Crippen molar-refractivity contribution in [2.24, 2.45) is 0 Å². The zero-order valence-electron chi connectivity index (χ0n) is 14.1. The van der Waals surface area contributed by atoms with Gasteiger partial charge in [-0.2, -0.15) is 0 Å². The second kappa shape index (κ2) is 7.23. The van der Waals surface area contributed by atoms with Gasteiger partial charge >= 0.3 is 0 Å². The highest BCUT2D eigenvalue weighted by Gasteiger charge is 2.19. The summed E-state index contributed by atoms with van der Waals surface area (Å²) in [5, 5.41) is 3.64. The molecule has 0 bridgehead atoms. The zero-order chi connectivity index (χ0) is 17.0. The van der Waals surface area contributed by atoms with Gasteiger partial charge in [0.25, 0.3) is 5.91 Å². The van der Waals surface area contributed by atoms with Gasteiger partial charge in [-0.25, -0.2) is 0 Å². The van der Waals surface area contributed by atoms with E-state index in [4.69, 9.17) is 14.2 Å². The first kappa shape index (κ1) is 17.0. The standard InChI is InChI=1S/C16H23N3O4/c1-19(2)7-6-17-16(20)12-8-10-11(18-12)9-13(21-3)15(23-5)14(10)22-4/h8-9,18H,6-7H2,1-5H3,(H,17,20). The van der Waals surface area contributed by atoms with E-state index >= 15 is 0 Å². The summed E-state index contributed by atoms with van der Waals surface area (Å²) in [6, 6.07) is 3.54. The zero-order valence-corrected chi connectivity index (χ0v) is 14.1. The Balaban J connectivity index is 2.36. The van der Waals surface area contributed by atoms with E-state index in [-0.39, 0.29) is 5.91 Å². The maximum atomic E-state index is 12.2. The third-order valence-electron chi connectivity index (χ3n) is 3.52. The Morgan fingerprint density at radius 3 is 2.39 bits per heavy atom. The SMILES string of the molecule is COc1cc2[nH]c(C(=O)NCCN(C)C)cc2c(OC)c1OC. The minimum Gasteiger partial charge on any atom is -0.493 e. The number of nitrogens with zero attached hydrogens (tertiary/aromatic N) is 1. The molecule has 0 aliphatic rings. The van der Waals surface area contributed by atoms with Gasteiger partial charge in [0.1, 0.15) is 5.69 Å². The Morgan fingerprint density at radius 1 is 1.13 bits per heavy atom. The molecule has 1 heterocycles. The Hall–Kier alpha value is -2.41. The smallest absolute Gasteiger partial charge is 0.267 e. The lowest BCUT2D eigenvalue weighted by Crippen LogP contribution is -2.31. The second-order valence-corrected chi connectivity index (χ2v) is 5.35. The first-order valence-corrected chi connectivity index (χ1v) is 7.26. The van der Waals surface area contributed by atoms with E-state index in [1.165, 1.54) is 0 Å². The Kier molecular flexibility index (Phi) is 5.33. The Labute approximate surface area is 135 Å². The number of H-pyrrole nitrogens is 1. The molecular weight excluding hydrogens is 298 g/mol. The van der Waals surface area contributed by atoms with Crippen LogP contribution in [0.25, 0.3) is 10.9 Å². The van der Waals surface area contributed by atoms with E-state index in [1.54, 1.807) is 33.5 Å². The molecule has 0 spiro atoms. The van der Waals surface area contributed by atoms with Crippen LogP contribution in [-0.2, 0) is 0 Å². The number of hydrogen-bond acceptors (Lipinski definition) is 5. The Morgan fingerprint density at radius 2 is 1.83 bits per heavy atom. The van der Waals surface area contributed by atoms with Gasteiger partial charge in [-0.15, -0.1) is 0 Å². The molecular formula is C16H23N3O4. The molecule has 23 heavy (non-hydrogen) atoms. The highest BCUT2D eigenvalue weighted by Crippen LogP contribution is 2.43. The summed E-state index contributed by atoms with van der Waals surface area (Å²) >= 11 is 0. The fourth-order valence-electron chi connectivity index (χ4n) is 2.36. The molecule has 0 atom stereocenters. The van der Waals surface area contributed by atoms with Gasteiger partial charge < -0.3 is 29.4 Å². The van der Waals surface area contributed by atoms with E-state index in [0.29, 0.717) is 29.5 Å². The van der Waals surface area contributed by atoms with Crippen LogP contribution in [0, 0.1) is 0 Å².